The van der Waals surface area contributed by atoms with Gasteiger partial charge in [-0.3, -0.25) is 9.69 Å². The number of fused-ring (bicyclic) bond motifs is 2. The number of ether oxygens (including phenoxy) is 1. The lowest BCUT2D eigenvalue weighted by molar-refractivity contribution is -0.114. The SMILES string of the molecule is CC(=O)Nc1ccccc1-c1ccc2c(c1)Oc1ccccc1N2C1CCN(C(C)c2ccccc2)CC1. The molecular weight excluding hydrogens is 470 g/mol. The maximum atomic E-state index is 11.8. The van der Waals surface area contributed by atoms with Crippen LogP contribution in [-0.2, 0) is 4.79 Å². The first kappa shape index (κ1) is 24.3. The molecule has 0 saturated carbocycles. The average molecular weight is 504 g/mol. The molecule has 4 aromatic carbocycles. The zero-order chi connectivity index (χ0) is 26.1. The second-order valence-electron chi connectivity index (χ2n) is 10.2. The number of para-hydroxylation sites is 3. The number of piperidine rings is 1. The number of likely N-dealkylation sites (tertiary alicyclic amines) is 1. The number of rotatable bonds is 5. The van der Waals surface area contributed by atoms with E-state index in [1.165, 1.54) is 12.5 Å². The number of hydrogen-bond donors (Lipinski definition) is 1. The molecule has 0 radical (unpaired) electrons. The normalized spacial score (nSPS) is 16.2. The van der Waals surface area contributed by atoms with Gasteiger partial charge in [0.1, 0.15) is 0 Å². The summed E-state index contributed by atoms with van der Waals surface area (Å²) in [7, 11) is 0. The Bertz CT molecular complexity index is 1440. The Morgan fingerprint density at radius 2 is 1.53 bits per heavy atom. The number of carbonyl (C=O) groups is 1. The van der Waals surface area contributed by atoms with Crippen molar-refractivity contribution in [2.75, 3.05) is 23.3 Å². The number of anilines is 3. The van der Waals surface area contributed by atoms with Crippen molar-refractivity contribution in [1.82, 2.24) is 4.90 Å². The third kappa shape index (κ3) is 4.66. The molecule has 2 aliphatic rings. The van der Waals surface area contributed by atoms with Gasteiger partial charge < -0.3 is 15.0 Å². The van der Waals surface area contributed by atoms with E-state index in [0.29, 0.717) is 12.1 Å². The van der Waals surface area contributed by atoms with Gasteiger partial charge in [0.2, 0.25) is 5.91 Å². The number of hydrogen-bond acceptors (Lipinski definition) is 4. The summed E-state index contributed by atoms with van der Waals surface area (Å²) < 4.78 is 6.46. The van der Waals surface area contributed by atoms with Crippen LogP contribution in [0.4, 0.5) is 17.1 Å². The minimum Gasteiger partial charge on any atom is -0.453 e. The van der Waals surface area contributed by atoms with Crippen LogP contribution in [0.3, 0.4) is 0 Å². The van der Waals surface area contributed by atoms with Crippen LogP contribution in [0.25, 0.3) is 11.1 Å². The molecule has 1 saturated heterocycles. The molecule has 4 aromatic rings. The Morgan fingerprint density at radius 1 is 0.842 bits per heavy atom. The van der Waals surface area contributed by atoms with Gasteiger partial charge in [0.15, 0.2) is 11.5 Å². The molecular formula is C33H33N3O2. The molecule has 1 amide bonds. The summed E-state index contributed by atoms with van der Waals surface area (Å²) in [6.07, 6.45) is 2.16. The van der Waals surface area contributed by atoms with Crippen LogP contribution >= 0.6 is 0 Å². The Hall–Kier alpha value is -4.09. The van der Waals surface area contributed by atoms with Crippen molar-refractivity contribution in [3.8, 4) is 22.6 Å². The second kappa shape index (κ2) is 10.3. The van der Waals surface area contributed by atoms with Gasteiger partial charge in [-0.25, -0.2) is 0 Å². The van der Waals surface area contributed by atoms with Crippen LogP contribution in [0.2, 0.25) is 0 Å². The van der Waals surface area contributed by atoms with Crippen molar-refractivity contribution in [2.45, 2.75) is 38.8 Å². The van der Waals surface area contributed by atoms with Crippen LogP contribution in [-0.4, -0.2) is 29.9 Å². The maximum absolute atomic E-state index is 11.8. The minimum atomic E-state index is -0.0836. The zero-order valence-corrected chi connectivity index (χ0v) is 21.9. The first-order valence-electron chi connectivity index (χ1n) is 13.4. The molecule has 5 heteroatoms. The van der Waals surface area contributed by atoms with Gasteiger partial charge >= 0.3 is 0 Å². The molecule has 0 spiro atoms. The summed E-state index contributed by atoms with van der Waals surface area (Å²) in [6, 6.07) is 34.2. The highest BCUT2D eigenvalue weighted by molar-refractivity contribution is 5.94. The van der Waals surface area contributed by atoms with Crippen LogP contribution in [0.5, 0.6) is 11.5 Å². The Morgan fingerprint density at radius 3 is 2.32 bits per heavy atom. The van der Waals surface area contributed by atoms with E-state index in [4.69, 9.17) is 4.74 Å². The molecule has 1 atom stereocenters. The van der Waals surface area contributed by atoms with Gasteiger partial charge in [-0.15, -0.1) is 0 Å². The number of nitrogens with zero attached hydrogens (tertiary/aromatic N) is 2. The number of amides is 1. The molecule has 6 rings (SSSR count). The summed E-state index contributed by atoms with van der Waals surface area (Å²) in [6.45, 7) is 5.96. The topological polar surface area (TPSA) is 44.8 Å². The molecule has 1 fully saturated rings. The van der Waals surface area contributed by atoms with Gasteiger partial charge in [-0.2, -0.15) is 0 Å². The molecule has 1 unspecified atom stereocenters. The zero-order valence-electron chi connectivity index (χ0n) is 21.9. The van der Waals surface area contributed by atoms with E-state index < -0.39 is 0 Å². The fraction of sp³-hybridized carbons (Fsp3) is 0.242. The van der Waals surface area contributed by atoms with Gasteiger partial charge in [0, 0.05) is 43.3 Å². The molecule has 0 bridgehead atoms. The minimum absolute atomic E-state index is 0.0836. The van der Waals surface area contributed by atoms with Gasteiger partial charge in [0.05, 0.1) is 11.4 Å². The summed E-state index contributed by atoms with van der Waals surface area (Å²) in [5, 5.41) is 2.96. The lowest BCUT2D eigenvalue weighted by atomic mass is 9.96. The standard InChI is InChI=1S/C33H33N3O2/c1-23(25-10-4-3-5-11-25)35-20-18-27(19-21-35)36-30-14-8-9-15-32(30)38-33-22-26(16-17-31(33)36)28-12-6-7-13-29(28)34-24(2)37/h3-17,22-23,27H,18-21H2,1-2H3,(H,34,37). The van der Waals surface area contributed by atoms with E-state index in [2.05, 4.69) is 88.8 Å². The molecule has 0 aromatic heterocycles. The van der Waals surface area contributed by atoms with E-state index in [0.717, 1.165) is 65.6 Å². The van der Waals surface area contributed by atoms with Gasteiger partial charge in [-0.1, -0.05) is 66.7 Å². The van der Waals surface area contributed by atoms with Crippen molar-refractivity contribution >= 4 is 23.0 Å². The van der Waals surface area contributed by atoms with E-state index in [-0.39, 0.29) is 5.91 Å². The highest BCUT2D eigenvalue weighted by Gasteiger charge is 2.33. The molecule has 2 heterocycles. The second-order valence-corrected chi connectivity index (χ2v) is 10.2. The van der Waals surface area contributed by atoms with Crippen molar-refractivity contribution in [1.29, 1.82) is 0 Å². The molecule has 1 N–H and O–H groups in total. The highest BCUT2D eigenvalue weighted by atomic mass is 16.5. The smallest absolute Gasteiger partial charge is 0.221 e. The lowest BCUT2D eigenvalue weighted by Crippen LogP contribution is -2.44. The molecule has 192 valence electrons. The quantitative estimate of drug-likeness (QED) is 0.302. The van der Waals surface area contributed by atoms with Crippen molar-refractivity contribution in [3.63, 3.8) is 0 Å². The number of nitrogens with one attached hydrogen (secondary N) is 1. The molecule has 0 aliphatic carbocycles. The van der Waals surface area contributed by atoms with Crippen LogP contribution < -0.4 is 15.0 Å². The summed E-state index contributed by atoms with van der Waals surface area (Å²) in [4.78, 5) is 16.9. The highest BCUT2D eigenvalue weighted by Crippen LogP contribution is 2.50. The Kier molecular flexibility index (Phi) is 6.61. The van der Waals surface area contributed by atoms with E-state index >= 15 is 0 Å². The van der Waals surface area contributed by atoms with Crippen LogP contribution in [0.15, 0.2) is 97.1 Å². The summed E-state index contributed by atoms with van der Waals surface area (Å²) >= 11 is 0. The van der Waals surface area contributed by atoms with E-state index in [1.807, 2.05) is 30.3 Å². The first-order chi connectivity index (χ1) is 18.6. The Labute approximate surface area is 224 Å². The third-order valence-electron chi connectivity index (χ3n) is 7.81. The monoisotopic (exact) mass is 503 g/mol. The maximum Gasteiger partial charge on any atom is 0.221 e. The first-order valence-corrected chi connectivity index (χ1v) is 13.4. The lowest BCUT2D eigenvalue weighted by Gasteiger charge is -2.44. The number of carbonyl (C=O) groups excluding carboxylic acids is 1. The number of benzene rings is 4. The molecule has 2 aliphatic heterocycles. The van der Waals surface area contributed by atoms with E-state index in [9.17, 15) is 4.79 Å². The van der Waals surface area contributed by atoms with E-state index in [1.54, 1.807) is 0 Å². The van der Waals surface area contributed by atoms with Crippen molar-refractivity contribution in [2.24, 2.45) is 0 Å². The predicted molar refractivity (Wildman–Crippen MR) is 154 cm³/mol. The van der Waals surface area contributed by atoms with Crippen molar-refractivity contribution in [3.05, 3.63) is 103 Å². The van der Waals surface area contributed by atoms with Gasteiger partial charge in [0.25, 0.3) is 0 Å². The average Bonchev–Trinajstić information content (AvgIpc) is 2.96. The predicted octanol–water partition coefficient (Wildman–Crippen LogP) is 7.78. The third-order valence-corrected chi connectivity index (χ3v) is 7.81. The fourth-order valence-corrected chi connectivity index (χ4v) is 5.85. The fourth-order valence-electron chi connectivity index (χ4n) is 5.85. The molecule has 38 heavy (non-hydrogen) atoms. The Balaban J connectivity index is 1.30. The van der Waals surface area contributed by atoms with Crippen LogP contribution in [0.1, 0.15) is 38.3 Å². The summed E-state index contributed by atoms with van der Waals surface area (Å²) in [5.74, 6) is 1.64. The molecule has 5 nitrogen and oxygen atoms in total. The summed E-state index contributed by atoms with van der Waals surface area (Å²) in [5.41, 5.74) is 6.38. The largest absolute Gasteiger partial charge is 0.453 e. The van der Waals surface area contributed by atoms with Gasteiger partial charge in [-0.05, 0) is 61.2 Å². The van der Waals surface area contributed by atoms with Crippen LogP contribution in [0, 0.1) is 0 Å². The van der Waals surface area contributed by atoms with Crippen molar-refractivity contribution < 1.29 is 9.53 Å².